The maximum absolute atomic E-state index is 11.8. The van der Waals surface area contributed by atoms with E-state index >= 15 is 0 Å². The average molecular weight is 328 g/mol. The largest absolute Gasteiger partial charge is 0.352 e. The minimum Gasteiger partial charge on any atom is -0.352 e. The second kappa shape index (κ2) is 8.40. The molecule has 0 saturated carbocycles. The van der Waals surface area contributed by atoms with Gasteiger partial charge in [-0.15, -0.1) is 0 Å². The van der Waals surface area contributed by atoms with Crippen molar-refractivity contribution in [2.24, 2.45) is 0 Å². The van der Waals surface area contributed by atoms with Crippen LogP contribution in [-0.4, -0.2) is 41.2 Å². The van der Waals surface area contributed by atoms with E-state index in [0.717, 1.165) is 23.4 Å². The smallest absolute Gasteiger partial charge is 0.266 e. The molecular weight excluding hydrogens is 304 g/mol. The van der Waals surface area contributed by atoms with Crippen molar-refractivity contribution in [2.45, 2.75) is 26.4 Å². The summed E-state index contributed by atoms with van der Waals surface area (Å²) in [6.07, 6.45) is 0.482. The van der Waals surface area contributed by atoms with Gasteiger partial charge in [0.25, 0.3) is 5.56 Å². The number of carbonyl (C=O) groups is 1. The van der Waals surface area contributed by atoms with E-state index in [1.165, 1.54) is 10.7 Å². The molecule has 0 saturated heterocycles. The Hall–Kier alpha value is -2.47. The number of hydrogen-bond donors (Lipinski definition) is 1. The van der Waals surface area contributed by atoms with E-state index in [1.54, 1.807) is 6.07 Å². The Balaban J connectivity index is 2.06. The van der Waals surface area contributed by atoms with Crippen LogP contribution in [0, 0.1) is 0 Å². The van der Waals surface area contributed by atoms with Crippen LogP contribution in [0.25, 0.3) is 11.3 Å². The molecule has 0 radical (unpaired) electrons. The number of aromatic nitrogens is 2. The number of nitrogens with zero attached hydrogens (tertiary/aromatic N) is 3. The number of hydrogen-bond acceptors (Lipinski definition) is 4. The summed E-state index contributed by atoms with van der Waals surface area (Å²) in [7, 11) is 3.89. The fourth-order valence-electron chi connectivity index (χ4n) is 2.28. The van der Waals surface area contributed by atoms with Crippen LogP contribution in [0.15, 0.2) is 41.2 Å². The fraction of sp³-hybridized carbons (Fsp3) is 0.389. The predicted molar refractivity (Wildman–Crippen MR) is 94.6 cm³/mol. The Kier molecular flexibility index (Phi) is 6.26. The lowest BCUT2D eigenvalue weighted by Gasteiger charge is -2.10. The molecule has 0 atom stereocenters. The van der Waals surface area contributed by atoms with Crippen LogP contribution >= 0.6 is 0 Å². The van der Waals surface area contributed by atoms with E-state index in [2.05, 4.69) is 10.4 Å². The topological polar surface area (TPSA) is 67.2 Å². The minimum absolute atomic E-state index is 0.0340. The van der Waals surface area contributed by atoms with E-state index in [-0.39, 0.29) is 11.5 Å². The molecule has 6 nitrogen and oxygen atoms in total. The molecule has 24 heavy (non-hydrogen) atoms. The van der Waals surface area contributed by atoms with E-state index in [4.69, 9.17) is 0 Å². The van der Waals surface area contributed by atoms with Gasteiger partial charge in [-0.25, -0.2) is 4.68 Å². The van der Waals surface area contributed by atoms with E-state index < -0.39 is 0 Å². The molecule has 2 rings (SSSR count). The summed E-state index contributed by atoms with van der Waals surface area (Å²) >= 11 is 0. The third-order valence-corrected chi connectivity index (χ3v) is 3.66. The van der Waals surface area contributed by atoms with Gasteiger partial charge in [-0.1, -0.05) is 18.2 Å². The first-order valence-electron chi connectivity index (χ1n) is 8.08. The molecule has 1 heterocycles. The first-order chi connectivity index (χ1) is 11.5. The monoisotopic (exact) mass is 328 g/mol. The van der Waals surface area contributed by atoms with Crippen LogP contribution in [0.3, 0.4) is 0 Å². The van der Waals surface area contributed by atoms with Crippen molar-refractivity contribution in [3.63, 3.8) is 0 Å². The number of nitrogens with one attached hydrogen (secondary N) is 1. The number of benzene rings is 1. The Labute approximate surface area is 142 Å². The molecule has 0 aliphatic rings. The Bertz CT molecular complexity index is 753. The molecule has 128 valence electrons. The second-order valence-electron chi connectivity index (χ2n) is 5.90. The number of aryl methyl sites for hydroxylation is 1. The number of carbonyl (C=O) groups excluding carboxylic acids is 1. The lowest BCUT2D eigenvalue weighted by atomic mass is 10.1. The van der Waals surface area contributed by atoms with Crippen molar-refractivity contribution in [1.29, 1.82) is 0 Å². The van der Waals surface area contributed by atoms with Crippen molar-refractivity contribution in [3.8, 4) is 11.3 Å². The zero-order valence-corrected chi connectivity index (χ0v) is 14.5. The van der Waals surface area contributed by atoms with Gasteiger partial charge in [0.05, 0.1) is 5.69 Å². The molecule has 0 bridgehead atoms. The highest BCUT2D eigenvalue weighted by molar-refractivity contribution is 5.76. The third kappa shape index (κ3) is 5.03. The SMILES string of the molecule is CCn1nc(-c2cccc(CNC(=O)CCN(C)C)c2)ccc1=O. The maximum atomic E-state index is 11.8. The average Bonchev–Trinajstić information content (AvgIpc) is 2.58. The van der Waals surface area contributed by atoms with Gasteiger partial charge >= 0.3 is 0 Å². The summed E-state index contributed by atoms with van der Waals surface area (Å²) in [5.74, 6) is 0.0340. The van der Waals surface area contributed by atoms with Crippen molar-refractivity contribution in [1.82, 2.24) is 20.0 Å². The molecule has 0 aliphatic carbocycles. The third-order valence-electron chi connectivity index (χ3n) is 3.66. The molecule has 0 unspecified atom stereocenters. The summed E-state index contributed by atoms with van der Waals surface area (Å²) in [5.41, 5.74) is 2.57. The zero-order valence-electron chi connectivity index (χ0n) is 14.5. The normalized spacial score (nSPS) is 10.8. The molecule has 1 amide bonds. The molecule has 0 spiro atoms. The van der Waals surface area contributed by atoms with Crippen LogP contribution < -0.4 is 10.9 Å². The van der Waals surface area contributed by atoms with Crippen LogP contribution in [0.4, 0.5) is 0 Å². The fourth-order valence-corrected chi connectivity index (χ4v) is 2.28. The standard InChI is InChI=1S/C18H24N4O2/c1-4-22-18(24)9-8-16(20-22)15-7-5-6-14(12-15)13-19-17(23)10-11-21(2)3/h5-9,12H,4,10-11,13H2,1-3H3,(H,19,23). The van der Waals surface area contributed by atoms with E-state index in [1.807, 2.05) is 50.2 Å². The van der Waals surface area contributed by atoms with Crippen molar-refractivity contribution < 1.29 is 4.79 Å². The van der Waals surface area contributed by atoms with Crippen molar-refractivity contribution in [3.05, 3.63) is 52.3 Å². The first kappa shape index (κ1) is 17.9. The highest BCUT2D eigenvalue weighted by Crippen LogP contribution is 2.17. The highest BCUT2D eigenvalue weighted by atomic mass is 16.1. The zero-order chi connectivity index (χ0) is 17.5. The van der Waals surface area contributed by atoms with Crippen molar-refractivity contribution >= 4 is 5.91 Å². The van der Waals surface area contributed by atoms with Crippen molar-refractivity contribution in [2.75, 3.05) is 20.6 Å². The van der Waals surface area contributed by atoms with Crippen LogP contribution in [0.1, 0.15) is 18.9 Å². The van der Waals surface area contributed by atoms with Gasteiger partial charge in [-0.05, 0) is 38.7 Å². The molecule has 2 aromatic rings. The Morgan fingerprint density at radius 3 is 2.75 bits per heavy atom. The van der Waals surface area contributed by atoms with Gasteiger partial charge < -0.3 is 10.2 Å². The molecule has 0 fully saturated rings. The molecule has 0 aliphatic heterocycles. The first-order valence-corrected chi connectivity index (χ1v) is 8.08. The van der Waals surface area contributed by atoms with E-state index in [9.17, 15) is 9.59 Å². The lowest BCUT2D eigenvalue weighted by molar-refractivity contribution is -0.121. The minimum atomic E-state index is -0.106. The van der Waals surface area contributed by atoms with Gasteiger partial charge in [0.2, 0.25) is 5.91 Å². The maximum Gasteiger partial charge on any atom is 0.266 e. The molecular formula is C18H24N4O2. The second-order valence-corrected chi connectivity index (χ2v) is 5.90. The number of rotatable bonds is 7. The van der Waals surface area contributed by atoms with Gasteiger partial charge in [-0.2, -0.15) is 5.10 Å². The van der Waals surface area contributed by atoms with E-state index in [0.29, 0.717) is 19.5 Å². The summed E-state index contributed by atoms with van der Waals surface area (Å²) in [6.45, 7) is 3.63. The van der Waals surface area contributed by atoms with Gasteiger partial charge in [0.15, 0.2) is 0 Å². The summed E-state index contributed by atoms with van der Waals surface area (Å²) in [4.78, 5) is 25.4. The molecule has 1 aromatic carbocycles. The van der Waals surface area contributed by atoms with Gasteiger partial charge in [0, 0.05) is 37.7 Å². The lowest BCUT2D eigenvalue weighted by Crippen LogP contribution is -2.26. The summed E-state index contributed by atoms with van der Waals surface area (Å²) in [5, 5.41) is 7.28. The summed E-state index contributed by atoms with van der Waals surface area (Å²) in [6, 6.07) is 11.1. The predicted octanol–water partition coefficient (Wildman–Crippen LogP) is 1.50. The van der Waals surface area contributed by atoms with Gasteiger partial charge in [-0.3, -0.25) is 9.59 Å². The van der Waals surface area contributed by atoms with Crippen LogP contribution in [0.2, 0.25) is 0 Å². The Morgan fingerprint density at radius 1 is 1.25 bits per heavy atom. The van der Waals surface area contributed by atoms with Gasteiger partial charge in [0.1, 0.15) is 0 Å². The quantitative estimate of drug-likeness (QED) is 0.836. The molecule has 1 aromatic heterocycles. The number of amides is 1. The van der Waals surface area contributed by atoms with Crippen LogP contribution in [-0.2, 0) is 17.9 Å². The van der Waals surface area contributed by atoms with Crippen LogP contribution in [0.5, 0.6) is 0 Å². The molecule has 1 N–H and O–H groups in total. The Morgan fingerprint density at radius 2 is 2.04 bits per heavy atom. The summed E-state index contributed by atoms with van der Waals surface area (Å²) < 4.78 is 1.44. The highest BCUT2D eigenvalue weighted by Gasteiger charge is 2.05. The molecule has 6 heteroatoms.